The van der Waals surface area contributed by atoms with Crippen LogP contribution < -0.4 is 10.6 Å². The molecule has 0 aliphatic carbocycles. The van der Waals surface area contributed by atoms with Crippen LogP contribution in [0.3, 0.4) is 0 Å². The van der Waals surface area contributed by atoms with Gasteiger partial charge in [0.25, 0.3) is 0 Å². The Bertz CT molecular complexity index is 1200. The smallest absolute Gasteiger partial charge is 0.408 e. The van der Waals surface area contributed by atoms with Crippen LogP contribution >= 0.6 is 0 Å². The second-order valence-corrected chi connectivity index (χ2v) is 10.2. The largest absolute Gasteiger partial charge is 0.444 e. The molecule has 0 fully saturated rings. The number of benzene rings is 3. The van der Waals surface area contributed by atoms with Gasteiger partial charge in [-0.25, -0.2) is 4.79 Å². The Labute approximate surface area is 230 Å². The van der Waals surface area contributed by atoms with Gasteiger partial charge in [-0.15, -0.1) is 0 Å². The highest BCUT2D eigenvalue weighted by atomic mass is 16.6. The lowest BCUT2D eigenvalue weighted by Gasteiger charge is -2.34. The van der Waals surface area contributed by atoms with Gasteiger partial charge in [0.2, 0.25) is 11.8 Å². The average molecular weight is 532 g/mol. The van der Waals surface area contributed by atoms with Gasteiger partial charge >= 0.3 is 6.09 Å². The van der Waals surface area contributed by atoms with E-state index in [9.17, 15) is 19.5 Å². The zero-order valence-electron chi connectivity index (χ0n) is 22.7. The van der Waals surface area contributed by atoms with E-state index in [4.69, 9.17) is 4.74 Å². The zero-order valence-corrected chi connectivity index (χ0v) is 22.7. The van der Waals surface area contributed by atoms with Gasteiger partial charge in [-0.3, -0.25) is 9.59 Å². The summed E-state index contributed by atoms with van der Waals surface area (Å²) in [6.45, 7) is 5.00. The van der Waals surface area contributed by atoms with Gasteiger partial charge in [-0.2, -0.15) is 0 Å². The Morgan fingerprint density at radius 1 is 0.846 bits per heavy atom. The summed E-state index contributed by atoms with van der Waals surface area (Å²) in [5.41, 5.74) is 1.55. The molecule has 206 valence electrons. The van der Waals surface area contributed by atoms with Crippen molar-refractivity contribution in [2.24, 2.45) is 0 Å². The second kappa shape index (κ2) is 14.1. The molecule has 8 heteroatoms. The number of nitrogens with one attached hydrogen (secondary N) is 2. The number of hydrogen-bond donors (Lipinski definition) is 3. The molecule has 0 aliphatic rings. The summed E-state index contributed by atoms with van der Waals surface area (Å²) < 4.78 is 5.43. The van der Waals surface area contributed by atoms with Crippen LogP contribution in [0.5, 0.6) is 0 Å². The molecule has 39 heavy (non-hydrogen) atoms. The van der Waals surface area contributed by atoms with Crippen molar-refractivity contribution in [3.05, 3.63) is 108 Å². The van der Waals surface area contributed by atoms with E-state index in [0.29, 0.717) is 5.56 Å². The van der Waals surface area contributed by atoms with Crippen molar-refractivity contribution in [1.29, 1.82) is 0 Å². The van der Waals surface area contributed by atoms with Crippen molar-refractivity contribution in [2.45, 2.75) is 51.4 Å². The Morgan fingerprint density at radius 3 is 1.92 bits per heavy atom. The number of nitrogens with zero attached hydrogens (tertiary/aromatic N) is 1. The van der Waals surface area contributed by atoms with E-state index in [0.717, 1.165) is 11.1 Å². The van der Waals surface area contributed by atoms with E-state index in [-0.39, 0.29) is 26.1 Å². The first kappa shape index (κ1) is 29.4. The number of aliphatic hydroxyl groups excluding tert-OH is 1. The van der Waals surface area contributed by atoms with Crippen LogP contribution in [-0.2, 0) is 27.3 Å². The summed E-state index contributed by atoms with van der Waals surface area (Å²) in [5.74, 6) is -0.912. The fraction of sp³-hybridized carbons (Fsp3) is 0.323. The molecule has 3 N–H and O–H groups in total. The maximum Gasteiger partial charge on any atom is 0.408 e. The third-order valence-corrected chi connectivity index (χ3v) is 5.88. The Balaban J connectivity index is 1.94. The molecular formula is C31H37N3O5. The van der Waals surface area contributed by atoms with Crippen LogP contribution in [0.2, 0.25) is 0 Å². The van der Waals surface area contributed by atoms with Crippen molar-refractivity contribution >= 4 is 17.9 Å². The van der Waals surface area contributed by atoms with Crippen LogP contribution in [0.4, 0.5) is 4.79 Å². The Hall–Kier alpha value is -4.17. The molecule has 0 aliphatic heterocycles. The third-order valence-electron chi connectivity index (χ3n) is 5.88. The van der Waals surface area contributed by atoms with Crippen LogP contribution in [0.25, 0.3) is 0 Å². The predicted molar refractivity (Wildman–Crippen MR) is 150 cm³/mol. The minimum absolute atomic E-state index is 0.113. The second-order valence-electron chi connectivity index (χ2n) is 10.2. The highest BCUT2D eigenvalue weighted by molar-refractivity contribution is 5.92. The van der Waals surface area contributed by atoms with Crippen molar-refractivity contribution in [3.8, 4) is 0 Å². The number of carbonyl (C=O) groups is 3. The SMILES string of the molecule is CC(C)(C)OC(=O)NC(Cc1ccccc1)C(=O)N(CCO)C(C(=O)NCc1ccccc1)c1ccccc1. The van der Waals surface area contributed by atoms with Gasteiger partial charge < -0.3 is 25.4 Å². The number of hydrogen-bond acceptors (Lipinski definition) is 5. The summed E-state index contributed by atoms with van der Waals surface area (Å²) >= 11 is 0. The van der Waals surface area contributed by atoms with E-state index in [1.807, 2.05) is 66.7 Å². The minimum Gasteiger partial charge on any atom is -0.444 e. The fourth-order valence-corrected chi connectivity index (χ4v) is 4.16. The van der Waals surface area contributed by atoms with Crippen LogP contribution in [-0.4, -0.2) is 52.7 Å². The van der Waals surface area contributed by atoms with E-state index >= 15 is 0 Å². The summed E-state index contributed by atoms with van der Waals surface area (Å²) in [6, 6.07) is 25.6. The van der Waals surface area contributed by atoms with E-state index < -0.39 is 35.6 Å². The number of alkyl carbamates (subject to hydrolysis) is 1. The quantitative estimate of drug-likeness (QED) is 0.347. The predicted octanol–water partition coefficient (Wildman–Crippen LogP) is 4.00. The molecule has 0 heterocycles. The van der Waals surface area contributed by atoms with Crippen molar-refractivity contribution in [3.63, 3.8) is 0 Å². The molecule has 0 aromatic heterocycles. The molecule has 3 aromatic rings. The van der Waals surface area contributed by atoms with E-state index in [1.54, 1.807) is 45.0 Å². The van der Waals surface area contributed by atoms with Crippen molar-refractivity contribution in [2.75, 3.05) is 13.2 Å². The van der Waals surface area contributed by atoms with E-state index in [1.165, 1.54) is 4.90 Å². The van der Waals surface area contributed by atoms with Gasteiger partial charge in [0.05, 0.1) is 6.61 Å². The topological polar surface area (TPSA) is 108 Å². The first-order chi connectivity index (χ1) is 18.7. The molecule has 3 amide bonds. The van der Waals surface area contributed by atoms with Crippen molar-refractivity contribution < 1.29 is 24.2 Å². The van der Waals surface area contributed by atoms with Gasteiger partial charge in [0.1, 0.15) is 17.7 Å². The molecule has 8 nitrogen and oxygen atoms in total. The first-order valence-corrected chi connectivity index (χ1v) is 13.0. The fourth-order valence-electron chi connectivity index (χ4n) is 4.16. The Kier molecular flexibility index (Phi) is 10.6. The highest BCUT2D eigenvalue weighted by Gasteiger charge is 2.36. The molecule has 0 saturated heterocycles. The number of ether oxygens (including phenoxy) is 1. The first-order valence-electron chi connectivity index (χ1n) is 13.0. The van der Waals surface area contributed by atoms with Crippen LogP contribution in [0.15, 0.2) is 91.0 Å². The van der Waals surface area contributed by atoms with Gasteiger partial charge in [0, 0.05) is 19.5 Å². The molecule has 0 radical (unpaired) electrons. The zero-order chi connectivity index (χ0) is 28.3. The summed E-state index contributed by atoms with van der Waals surface area (Å²) in [6.07, 6.45) is -0.570. The molecule has 3 rings (SSSR count). The Morgan fingerprint density at radius 2 is 1.38 bits per heavy atom. The molecular weight excluding hydrogens is 494 g/mol. The molecule has 2 unspecified atom stereocenters. The highest BCUT2D eigenvalue weighted by Crippen LogP contribution is 2.23. The summed E-state index contributed by atoms with van der Waals surface area (Å²) in [7, 11) is 0. The standard InChI is InChI=1S/C31H37N3O5/c1-31(2,3)39-30(38)33-26(21-23-13-7-4-8-14-23)29(37)34(19-20-35)27(25-17-11-6-12-18-25)28(36)32-22-24-15-9-5-10-16-24/h4-18,26-27,35H,19-22H2,1-3H3,(H,32,36)(H,33,38). The summed E-state index contributed by atoms with van der Waals surface area (Å²) in [4.78, 5) is 41.8. The number of amides is 3. The molecule has 0 saturated carbocycles. The molecule has 3 aromatic carbocycles. The normalized spacial score (nSPS) is 12.6. The molecule has 0 spiro atoms. The monoisotopic (exact) mass is 531 g/mol. The van der Waals surface area contributed by atoms with Gasteiger partial charge in [-0.1, -0.05) is 91.0 Å². The van der Waals surface area contributed by atoms with Crippen LogP contribution in [0, 0.1) is 0 Å². The number of aliphatic hydroxyl groups is 1. The van der Waals surface area contributed by atoms with Crippen molar-refractivity contribution in [1.82, 2.24) is 15.5 Å². The van der Waals surface area contributed by atoms with Gasteiger partial charge in [-0.05, 0) is 37.5 Å². The number of rotatable bonds is 11. The van der Waals surface area contributed by atoms with E-state index in [2.05, 4.69) is 10.6 Å². The maximum atomic E-state index is 14.1. The molecule has 0 bridgehead atoms. The van der Waals surface area contributed by atoms with Gasteiger partial charge in [0.15, 0.2) is 0 Å². The minimum atomic E-state index is -1.04. The maximum absolute atomic E-state index is 14.1. The third kappa shape index (κ3) is 9.26. The summed E-state index contributed by atoms with van der Waals surface area (Å²) in [5, 5.41) is 15.6. The number of carbonyl (C=O) groups excluding carboxylic acids is 3. The van der Waals surface area contributed by atoms with Crippen LogP contribution in [0.1, 0.15) is 43.5 Å². The molecule has 2 atom stereocenters. The lowest BCUT2D eigenvalue weighted by Crippen LogP contribution is -2.54. The average Bonchev–Trinajstić information content (AvgIpc) is 2.91. The lowest BCUT2D eigenvalue weighted by molar-refractivity contribution is -0.143. The lowest BCUT2D eigenvalue weighted by atomic mass is 10.00.